The number of rotatable bonds is 9. The molecule has 0 spiro atoms. The van der Waals surface area contributed by atoms with E-state index in [-0.39, 0.29) is 11.6 Å². The third kappa shape index (κ3) is 7.26. The fourth-order valence-corrected chi connectivity index (χ4v) is 5.67. The number of amides is 1. The number of carbonyl (C=O) groups excluding carboxylic acids is 1. The van der Waals surface area contributed by atoms with E-state index in [9.17, 15) is 10.1 Å². The smallest absolute Gasteiger partial charge is 0.301 e. The first-order chi connectivity index (χ1) is 18.9. The van der Waals surface area contributed by atoms with Crippen molar-refractivity contribution in [2.45, 2.75) is 53.1 Å². The van der Waals surface area contributed by atoms with Crippen LogP contribution < -0.4 is 0 Å². The van der Waals surface area contributed by atoms with Crippen molar-refractivity contribution in [2.24, 2.45) is 0 Å². The highest BCUT2D eigenvalue weighted by Crippen LogP contribution is 2.26. The summed E-state index contributed by atoms with van der Waals surface area (Å²) in [5.74, 6) is 0.280. The van der Waals surface area contributed by atoms with E-state index >= 15 is 0 Å². The molecule has 0 aliphatic carbocycles. The summed E-state index contributed by atoms with van der Waals surface area (Å²) in [7, 11) is 0. The lowest BCUT2D eigenvalue weighted by Crippen LogP contribution is -2.35. The van der Waals surface area contributed by atoms with Crippen molar-refractivity contribution in [1.82, 2.24) is 19.6 Å². The van der Waals surface area contributed by atoms with Crippen LogP contribution in [0.5, 0.6) is 0 Å². The van der Waals surface area contributed by atoms with Gasteiger partial charge in [0.15, 0.2) is 0 Å². The van der Waals surface area contributed by atoms with E-state index in [2.05, 4.69) is 45.8 Å². The van der Waals surface area contributed by atoms with E-state index in [4.69, 9.17) is 6.57 Å². The van der Waals surface area contributed by atoms with Crippen LogP contribution in [0.3, 0.4) is 0 Å². The second-order valence-electron chi connectivity index (χ2n) is 10.7. The molecule has 0 saturated carbocycles. The normalized spacial score (nSPS) is 17.3. The Bertz CT molecular complexity index is 1230. The molecule has 0 aromatic heterocycles. The fourth-order valence-electron chi connectivity index (χ4n) is 5.67. The number of nitrogens with zero attached hydrogens (tertiary/aromatic N) is 6. The van der Waals surface area contributed by atoms with Gasteiger partial charge in [0.05, 0.1) is 12.6 Å². The summed E-state index contributed by atoms with van der Waals surface area (Å²) in [6.07, 6.45) is 3.97. The van der Waals surface area contributed by atoms with Gasteiger partial charge in [-0.15, -0.1) is 0 Å². The second kappa shape index (κ2) is 13.4. The Balaban J connectivity index is 1.40. The summed E-state index contributed by atoms with van der Waals surface area (Å²) < 4.78 is 0. The third-order valence-electron chi connectivity index (χ3n) is 7.71. The minimum absolute atomic E-state index is 0.0300. The summed E-state index contributed by atoms with van der Waals surface area (Å²) in [5, 5.41) is 9.71. The zero-order valence-corrected chi connectivity index (χ0v) is 23.6. The Morgan fingerprint density at radius 2 is 1.67 bits per heavy atom. The van der Waals surface area contributed by atoms with E-state index in [0.29, 0.717) is 31.0 Å². The van der Waals surface area contributed by atoms with Crippen LogP contribution in [0.2, 0.25) is 0 Å². The Morgan fingerprint density at radius 3 is 2.28 bits per heavy atom. The zero-order chi connectivity index (χ0) is 27.8. The van der Waals surface area contributed by atoms with Gasteiger partial charge in [0.2, 0.25) is 0 Å². The Labute approximate surface area is 233 Å². The van der Waals surface area contributed by atoms with Crippen molar-refractivity contribution >= 4 is 5.91 Å². The molecule has 4 rings (SSSR count). The molecule has 39 heavy (non-hydrogen) atoms. The summed E-state index contributed by atoms with van der Waals surface area (Å²) in [5.41, 5.74) is 5.24. The zero-order valence-electron chi connectivity index (χ0n) is 23.6. The van der Waals surface area contributed by atoms with E-state index in [1.54, 1.807) is 4.90 Å². The first-order valence-electron chi connectivity index (χ1n) is 14.1. The number of likely N-dealkylation sites (tertiary alicyclic amines) is 1. The molecule has 0 atom stereocenters. The fraction of sp³-hybridized carbons (Fsp3) is 0.469. The van der Waals surface area contributed by atoms with Crippen LogP contribution in [0.15, 0.2) is 54.0 Å². The molecule has 7 nitrogen and oxygen atoms in total. The molecular weight excluding hydrogens is 484 g/mol. The molecule has 0 unspecified atom stereocenters. The second-order valence-corrected chi connectivity index (χ2v) is 10.7. The lowest BCUT2D eigenvalue weighted by Gasteiger charge is -2.28. The van der Waals surface area contributed by atoms with Crippen molar-refractivity contribution in [2.75, 3.05) is 45.8 Å². The SMILES string of the molecule is [C-]#[N+]C(C#N)=C1N(CCN(CC)Cc2ccc(CN3CCCCC3)cc2)CCN1C(=O)c1cc(C)cc(C)c1. The van der Waals surface area contributed by atoms with Gasteiger partial charge in [-0.3, -0.25) is 14.6 Å². The Hall–Kier alpha value is -3.65. The molecule has 7 heteroatoms. The molecule has 2 aromatic carbocycles. The van der Waals surface area contributed by atoms with Crippen LogP contribution in [0.1, 0.15) is 58.8 Å². The molecule has 0 bridgehead atoms. The number of aryl methyl sites for hydroxylation is 2. The Kier molecular flexibility index (Phi) is 9.76. The summed E-state index contributed by atoms with van der Waals surface area (Å²) in [6.45, 7) is 21.3. The van der Waals surface area contributed by atoms with Crippen molar-refractivity contribution < 1.29 is 4.79 Å². The van der Waals surface area contributed by atoms with Crippen LogP contribution in [-0.2, 0) is 13.1 Å². The van der Waals surface area contributed by atoms with Crippen molar-refractivity contribution in [3.05, 3.63) is 93.2 Å². The minimum atomic E-state index is -0.160. The number of hydrogen-bond donors (Lipinski definition) is 0. The van der Waals surface area contributed by atoms with E-state index in [1.165, 1.54) is 43.5 Å². The topological polar surface area (TPSA) is 58.2 Å². The molecule has 2 aliphatic heterocycles. The first-order valence-corrected chi connectivity index (χ1v) is 14.1. The molecular formula is C32H40N6O. The number of hydrogen-bond acceptors (Lipinski definition) is 5. The molecule has 0 radical (unpaired) electrons. The largest absolute Gasteiger partial charge is 0.363 e. The standard InChI is InChI=1S/C32H40N6O/c1-5-35(23-27-9-11-28(12-10-27)24-36-13-7-6-8-14-36)15-16-37-17-18-38(31(37)30(22-33)34-4)32(39)29-20-25(2)19-26(3)21-29/h9-12,19-21H,5-8,13-18,23-24H2,1-3H3. The van der Waals surface area contributed by atoms with E-state index < -0.39 is 0 Å². The van der Waals surface area contributed by atoms with Crippen LogP contribution in [0.4, 0.5) is 0 Å². The van der Waals surface area contributed by atoms with Gasteiger partial charge in [-0.1, -0.05) is 54.8 Å². The number of likely N-dealkylation sites (N-methyl/N-ethyl adjacent to an activating group) is 1. The number of piperidine rings is 1. The molecule has 204 valence electrons. The predicted octanol–water partition coefficient (Wildman–Crippen LogP) is 5.18. The molecule has 2 aliphatic rings. The quantitative estimate of drug-likeness (QED) is 0.334. The number of allylic oxidation sites excluding steroid dienone is 1. The van der Waals surface area contributed by atoms with Crippen molar-refractivity contribution in [3.63, 3.8) is 0 Å². The average molecular weight is 525 g/mol. The highest BCUT2D eigenvalue weighted by atomic mass is 16.2. The maximum Gasteiger partial charge on any atom is 0.301 e. The lowest BCUT2D eigenvalue weighted by molar-refractivity contribution is 0.0816. The molecule has 2 fully saturated rings. The first kappa shape index (κ1) is 28.4. The summed E-state index contributed by atoms with van der Waals surface area (Å²) >= 11 is 0. The van der Waals surface area contributed by atoms with Gasteiger partial charge in [0.25, 0.3) is 5.91 Å². The van der Waals surface area contributed by atoms with E-state index in [0.717, 1.165) is 37.3 Å². The molecule has 1 amide bonds. The van der Waals surface area contributed by atoms with Crippen molar-refractivity contribution in [3.8, 4) is 6.07 Å². The summed E-state index contributed by atoms with van der Waals surface area (Å²) in [6, 6.07) is 16.8. The monoisotopic (exact) mass is 524 g/mol. The maximum absolute atomic E-state index is 13.5. The van der Waals surface area contributed by atoms with Crippen LogP contribution in [0.25, 0.3) is 4.85 Å². The van der Waals surface area contributed by atoms with Crippen LogP contribution in [-0.4, -0.2) is 71.3 Å². The third-order valence-corrected chi connectivity index (χ3v) is 7.71. The van der Waals surface area contributed by atoms with Gasteiger partial charge in [-0.25, -0.2) is 10.1 Å². The molecule has 0 N–H and O–H groups in total. The van der Waals surface area contributed by atoms with Crippen molar-refractivity contribution in [1.29, 1.82) is 5.26 Å². The van der Waals surface area contributed by atoms with Crippen LogP contribution in [0, 0.1) is 31.8 Å². The van der Waals surface area contributed by atoms with Crippen LogP contribution >= 0.6 is 0 Å². The van der Waals surface area contributed by atoms with Gasteiger partial charge in [0, 0.05) is 44.8 Å². The molecule has 2 aromatic rings. The predicted molar refractivity (Wildman–Crippen MR) is 154 cm³/mol. The number of benzene rings is 2. The Morgan fingerprint density at radius 1 is 1.00 bits per heavy atom. The minimum Gasteiger partial charge on any atom is -0.363 e. The maximum atomic E-state index is 13.5. The van der Waals surface area contributed by atoms with Gasteiger partial charge in [-0.2, -0.15) is 0 Å². The molecule has 2 heterocycles. The highest BCUT2D eigenvalue weighted by Gasteiger charge is 2.33. The van der Waals surface area contributed by atoms with Gasteiger partial charge < -0.3 is 9.80 Å². The number of carbonyl (C=O) groups is 1. The van der Waals surface area contributed by atoms with Gasteiger partial charge in [-0.05, 0) is 69.6 Å². The highest BCUT2D eigenvalue weighted by molar-refractivity contribution is 5.96. The van der Waals surface area contributed by atoms with E-state index in [1.807, 2.05) is 43.0 Å². The van der Waals surface area contributed by atoms with Gasteiger partial charge in [0.1, 0.15) is 5.82 Å². The molecule has 2 saturated heterocycles. The summed E-state index contributed by atoms with van der Waals surface area (Å²) in [4.78, 5) is 25.5. The average Bonchev–Trinajstić information content (AvgIpc) is 3.36. The number of nitriles is 1. The van der Waals surface area contributed by atoms with Gasteiger partial charge >= 0.3 is 5.70 Å². The lowest BCUT2D eigenvalue weighted by atomic mass is 10.1.